The second kappa shape index (κ2) is 5.61. The summed E-state index contributed by atoms with van der Waals surface area (Å²) in [5, 5.41) is 10.2. The van der Waals surface area contributed by atoms with Crippen LogP contribution in [0.5, 0.6) is 0 Å². The summed E-state index contributed by atoms with van der Waals surface area (Å²) in [5.74, 6) is 0. The minimum absolute atomic E-state index is 0. The van der Waals surface area contributed by atoms with Crippen LogP contribution in [0.25, 0.3) is 0 Å². The molecule has 0 atom stereocenters. The summed E-state index contributed by atoms with van der Waals surface area (Å²) in [6.07, 6.45) is 0. The van der Waals surface area contributed by atoms with Crippen LogP contribution >= 0.6 is 0 Å². The quantitative estimate of drug-likeness (QED) is 0.338. The zero-order valence-corrected chi connectivity index (χ0v) is 14.3. The molecule has 0 saturated heterocycles. The zero-order valence-electron chi connectivity index (χ0n) is 7.21. The molecular weight excluding hydrogens is 331 g/mol. The van der Waals surface area contributed by atoms with Crippen molar-refractivity contribution in [3.8, 4) is 0 Å². The van der Waals surface area contributed by atoms with E-state index < -0.39 is 25.6 Å². The first-order valence-electron chi connectivity index (χ1n) is 3.11. The Morgan fingerprint density at radius 1 is 1.29 bits per heavy atom. The Kier molecular flexibility index (Phi) is 5.84. The first-order valence-corrected chi connectivity index (χ1v) is 4.52. The summed E-state index contributed by atoms with van der Waals surface area (Å²) in [7, 11) is -4.61. The Morgan fingerprint density at radius 2 is 1.86 bits per heavy atom. The maximum atomic E-state index is 10.4. The van der Waals surface area contributed by atoms with Crippen LogP contribution in [-0.4, -0.2) is 17.9 Å². The predicted octanol–water partition coefficient (Wildman–Crippen LogP) is -2.50. The number of nitro benzene ring substituents is 1. The Bertz CT molecular complexity index is 443. The van der Waals surface area contributed by atoms with Crippen molar-refractivity contribution in [3.05, 3.63) is 34.4 Å². The van der Waals surface area contributed by atoms with E-state index in [1.807, 2.05) is 0 Å². The van der Waals surface area contributed by atoms with Gasteiger partial charge in [0.1, 0.15) is 10.1 Å². The monoisotopic (exact) mass is 335 g/mol. The summed E-state index contributed by atoms with van der Waals surface area (Å²) in [6.45, 7) is 0. The summed E-state index contributed by atoms with van der Waals surface area (Å²) in [6, 6.07) is 3.98. The van der Waals surface area contributed by atoms with Gasteiger partial charge >= 0.3 is 68.9 Å². The number of hydrogen-bond acceptors (Lipinski definition) is 5. The van der Waals surface area contributed by atoms with E-state index in [-0.39, 0.29) is 68.9 Å². The molecule has 1 aromatic carbocycles. The van der Waals surface area contributed by atoms with Crippen LogP contribution in [0.3, 0.4) is 0 Å². The van der Waals surface area contributed by atoms with Gasteiger partial charge in [-0.2, -0.15) is 0 Å². The van der Waals surface area contributed by atoms with Crippen molar-refractivity contribution in [2.45, 2.75) is 4.90 Å². The Balaban J connectivity index is 0.00000169. The molecule has 0 aliphatic rings. The van der Waals surface area contributed by atoms with Crippen molar-refractivity contribution in [1.82, 2.24) is 0 Å². The number of rotatable bonds is 2. The average Bonchev–Trinajstić information content (AvgIpc) is 2.03. The summed E-state index contributed by atoms with van der Waals surface area (Å²) in [5.41, 5.74) is -0.420. The SMILES string of the molecule is O=[N+]([O-])c1cccc(S(=O)(=O)[O-])c1.[Cs+]. The van der Waals surface area contributed by atoms with Crippen molar-refractivity contribution in [3.63, 3.8) is 0 Å². The van der Waals surface area contributed by atoms with Gasteiger partial charge in [-0.05, 0) is 6.07 Å². The third-order valence-electron chi connectivity index (χ3n) is 1.32. The molecule has 0 aliphatic heterocycles. The fourth-order valence-corrected chi connectivity index (χ4v) is 1.26. The molecule has 0 heterocycles. The van der Waals surface area contributed by atoms with Crippen molar-refractivity contribution in [1.29, 1.82) is 0 Å². The number of benzene rings is 1. The van der Waals surface area contributed by atoms with Crippen LogP contribution in [-0.2, 0) is 10.1 Å². The summed E-state index contributed by atoms with van der Waals surface area (Å²) in [4.78, 5) is 8.82. The van der Waals surface area contributed by atoms with Crippen LogP contribution in [0.1, 0.15) is 0 Å². The molecule has 0 spiro atoms. The van der Waals surface area contributed by atoms with Crippen molar-refractivity contribution < 1.29 is 86.8 Å². The fourth-order valence-electron chi connectivity index (χ4n) is 0.753. The molecule has 8 heteroatoms. The summed E-state index contributed by atoms with van der Waals surface area (Å²) >= 11 is 0. The van der Waals surface area contributed by atoms with Gasteiger partial charge in [0.15, 0.2) is 0 Å². The molecule has 0 saturated carbocycles. The molecule has 70 valence electrons. The molecule has 1 aromatic rings. The Hall–Kier alpha value is 0.582. The van der Waals surface area contributed by atoms with Gasteiger partial charge in [-0.1, -0.05) is 6.07 Å². The number of nitro groups is 1. The Morgan fingerprint density at radius 3 is 2.29 bits per heavy atom. The molecule has 0 bridgehead atoms. The number of nitrogens with zero attached hydrogens (tertiary/aromatic N) is 1. The fraction of sp³-hybridized carbons (Fsp3) is 0. The maximum Gasteiger partial charge on any atom is 1.00 e. The second-order valence-corrected chi connectivity index (χ2v) is 3.59. The van der Waals surface area contributed by atoms with E-state index in [0.717, 1.165) is 24.3 Å². The van der Waals surface area contributed by atoms with Crippen LogP contribution in [0, 0.1) is 10.1 Å². The Labute approximate surface area is 139 Å². The van der Waals surface area contributed by atoms with E-state index in [2.05, 4.69) is 0 Å². The zero-order chi connectivity index (χ0) is 10.1. The minimum atomic E-state index is -4.61. The van der Waals surface area contributed by atoms with Crippen molar-refractivity contribution in [2.75, 3.05) is 0 Å². The smallest absolute Gasteiger partial charge is 0.744 e. The van der Waals surface area contributed by atoms with Crippen LogP contribution < -0.4 is 68.9 Å². The van der Waals surface area contributed by atoms with Gasteiger partial charge in [0, 0.05) is 12.1 Å². The molecule has 0 amide bonds. The minimum Gasteiger partial charge on any atom is -0.744 e. The maximum absolute atomic E-state index is 10.4. The van der Waals surface area contributed by atoms with Gasteiger partial charge in [0.25, 0.3) is 5.69 Å². The molecule has 14 heavy (non-hydrogen) atoms. The average molecular weight is 335 g/mol. The number of hydrogen-bond donors (Lipinski definition) is 0. The van der Waals surface area contributed by atoms with Crippen LogP contribution in [0.4, 0.5) is 5.69 Å². The molecule has 1 rings (SSSR count). The van der Waals surface area contributed by atoms with E-state index in [1.54, 1.807) is 0 Å². The van der Waals surface area contributed by atoms with Gasteiger partial charge < -0.3 is 4.55 Å². The molecular formula is C6H4CsNO5S. The van der Waals surface area contributed by atoms with Gasteiger partial charge in [-0.3, -0.25) is 10.1 Å². The topological polar surface area (TPSA) is 100 Å². The van der Waals surface area contributed by atoms with Crippen molar-refractivity contribution >= 4 is 15.8 Å². The van der Waals surface area contributed by atoms with Crippen LogP contribution in [0.15, 0.2) is 29.2 Å². The summed E-state index contributed by atoms with van der Waals surface area (Å²) < 4.78 is 31.3. The molecule has 6 nitrogen and oxygen atoms in total. The molecule has 0 unspecified atom stereocenters. The third kappa shape index (κ3) is 3.98. The third-order valence-corrected chi connectivity index (χ3v) is 2.15. The largest absolute Gasteiger partial charge is 1.00 e. The molecule has 0 aliphatic carbocycles. The van der Waals surface area contributed by atoms with Gasteiger partial charge in [0.2, 0.25) is 0 Å². The molecule has 0 fully saturated rings. The standard InChI is InChI=1S/C6H5NO5S.Cs/c8-7(9)5-2-1-3-6(4-5)13(10,11)12;/h1-4H,(H,10,11,12);/q;+1/p-1. The van der Waals surface area contributed by atoms with Crippen molar-refractivity contribution in [2.24, 2.45) is 0 Å². The molecule has 0 radical (unpaired) electrons. The first kappa shape index (κ1) is 14.6. The van der Waals surface area contributed by atoms with Gasteiger partial charge in [0.05, 0.1) is 9.82 Å². The first-order chi connectivity index (χ1) is 5.91. The van der Waals surface area contributed by atoms with Gasteiger partial charge in [-0.15, -0.1) is 0 Å². The van der Waals surface area contributed by atoms with Gasteiger partial charge in [-0.25, -0.2) is 8.42 Å². The van der Waals surface area contributed by atoms with E-state index >= 15 is 0 Å². The van der Waals surface area contributed by atoms with E-state index in [0.29, 0.717) is 0 Å². The van der Waals surface area contributed by atoms with E-state index in [9.17, 15) is 23.1 Å². The molecule has 0 N–H and O–H groups in total. The normalized spacial score (nSPS) is 10.4. The molecule has 0 aromatic heterocycles. The van der Waals surface area contributed by atoms with E-state index in [1.165, 1.54) is 0 Å². The number of non-ortho nitro benzene ring substituents is 1. The second-order valence-electron chi connectivity index (χ2n) is 2.21. The predicted molar refractivity (Wildman–Crippen MR) is 41.1 cm³/mol. The van der Waals surface area contributed by atoms with E-state index in [4.69, 9.17) is 0 Å². The van der Waals surface area contributed by atoms with Crippen LogP contribution in [0.2, 0.25) is 0 Å².